The van der Waals surface area contributed by atoms with Gasteiger partial charge in [0.1, 0.15) is 0 Å². The van der Waals surface area contributed by atoms with Gasteiger partial charge in [0.05, 0.1) is 17.8 Å². The van der Waals surface area contributed by atoms with Gasteiger partial charge < -0.3 is 20.6 Å². The van der Waals surface area contributed by atoms with E-state index in [9.17, 15) is 14.7 Å². The van der Waals surface area contributed by atoms with Gasteiger partial charge in [0.2, 0.25) is 0 Å². The number of aliphatic carboxylic acids is 2. The lowest BCUT2D eigenvalue weighted by atomic mass is 9.99. The molecule has 0 aliphatic rings. The fourth-order valence-corrected chi connectivity index (χ4v) is 5.51. The number of hydrogen-bond donors (Lipinski definition) is 4. The maximum atomic E-state index is 11.0. The largest absolute Gasteiger partial charge is 0.481 e. The van der Waals surface area contributed by atoms with E-state index in [0.29, 0.717) is 19.4 Å². The number of hydrogen-bond acceptors (Lipinski definition) is 5. The van der Waals surface area contributed by atoms with Gasteiger partial charge in [0, 0.05) is 23.5 Å². The number of carbonyl (C=O) groups is 2. The summed E-state index contributed by atoms with van der Waals surface area (Å²) in [6.07, 6.45) is 10.2. The average molecular weight is 530 g/mol. The van der Waals surface area contributed by atoms with Gasteiger partial charge in [-0.3, -0.25) is 9.59 Å². The van der Waals surface area contributed by atoms with Gasteiger partial charge in [-0.05, 0) is 55.0 Å². The van der Waals surface area contributed by atoms with Crippen molar-refractivity contribution in [2.75, 3.05) is 11.9 Å². The van der Waals surface area contributed by atoms with E-state index in [0.717, 1.165) is 22.6 Å². The van der Waals surface area contributed by atoms with Gasteiger partial charge in [-0.1, -0.05) is 75.8 Å². The molecule has 2 atom stereocenters. The number of aliphatic hydroxyl groups is 1. The van der Waals surface area contributed by atoms with E-state index in [-0.39, 0.29) is 18.1 Å². The number of nitrogens with one attached hydrogen (secondary N) is 1. The minimum atomic E-state index is -0.855. The van der Waals surface area contributed by atoms with Crippen LogP contribution >= 0.6 is 11.8 Å². The molecule has 0 fully saturated rings. The molecule has 0 saturated carbocycles. The van der Waals surface area contributed by atoms with Crippen LogP contribution in [0.2, 0.25) is 0 Å². The standard InChI is InChI=1S/C30H43NO5S/c1-2-3-4-5-6-7-8-11-23-16-18-24(19-17-23)30(27(32)14-10-15-28(33)34)37-26-13-9-12-25(22-26)31-21-20-29(35)36/h9,12-13,16-19,22,27,30-32H,2-8,10-11,14-15,20-21H2,1H3,(H,33,34)(H,35,36). The molecule has 2 rings (SSSR count). The Morgan fingerprint density at radius 3 is 2.22 bits per heavy atom. The van der Waals surface area contributed by atoms with Crippen LogP contribution in [-0.2, 0) is 16.0 Å². The van der Waals surface area contributed by atoms with Gasteiger partial charge in [-0.25, -0.2) is 0 Å². The molecule has 0 aliphatic heterocycles. The summed E-state index contributed by atoms with van der Waals surface area (Å²) in [7, 11) is 0. The molecule has 0 aromatic heterocycles. The normalized spacial score (nSPS) is 12.7. The Bertz CT molecular complexity index is 934. The van der Waals surface area contributed by atoms with Crippen molar-refractivity contribution in [3.63, 3.8) is 0 Å². The summed E-state index contributed by atoms with van der Waals surface area (Å²) in [5, 5.41) is 31.8. The summed E-state index contributed by atoms with van der Waals surface area (Å²) in [5.74, 6) is -1.70. The highest BCUT2D eigenvalue weighted by Gasteiger charge is 2.23. The minimum absolute atomic E-state index is 0.0352. The smallest absolute Gasteiger partial charge is 0.305 e. The van der Waals surface area contributed by atoms with Crippen LogP contribution in [0.25, 0.3) is 0 Å². The van der Waals surface area contributed by atoms with Gasteiger partial charge >= 0.3 is 11.9 Å². The molecule has 7 heteroatoms. The highest BCUT2D eigenvalue weighted by atomic mass is 32.2. The molecular weight excluding hydrogens is 486 g/mol. The zero-order valence-corrected chi connectivity index (χ0v) is 22.8. The summed E-state index contributed by atoms with van der Waals surface area (Å²) < 4.78 is 0. The molecule has 0 aliphatic carbocycles. The van der Waals surface area contributed by atoms with Crippen LogP contribution in [0, 0.1) is 0 Å². The first-order valence-electron chi connectivity index (χ1n) is 13.6. The lowest BCUT2D eigenvalue weighted by Gasteiger charge is -2.24. The summed E-state index contributed by atoms with van der Waals surface area (Å²) in [4.78, 5) is 22.7. The Hall–Kier alpha value is -2.51. The second-order valence-corrected chi connectivity index (χ2v) is 10.8. The van der Waals surface area contributed by atoms with Crippen LogP contribution in [0.15, 0.2) is 53.4 Å². The predicted octanol–water partition coefficient (Wildman–Crippen LogP) is 7.32. The van der Waals surface area contributed by atoms with Gasteiger partial charge in [0.15, 0.2) is 0 Å². The maximum absolute atomic E-state index is 11.0. The summed E-state index contributed by atoms with van der Waals surface area (Å²) in [6, 6.07) is 16.2. The Balaban J connectivity index is 2.03. The maximum Gasteiger partial charge on any atom is 0.305 e. The lowest BCUT2D eigenvalue weighted by molar-refractivity contribution is -0.138. The third-order valence-corrected chi connectivity index (χ3v) is 7.75. The van der Waals surface area contributed by atoms with Crippen LogP contribution in [-0.4, -0.2) is 39.9 Å². The van der Waals surface area contributed by atoms with E-state index >= 15 is 0 Å². The number of anilines is 1. The third kappa shape index (κ3) is 13.0. The summed E-state index contributed by atoms with van der Waals surface area (Å²) in [5.41, 5.74) is 3.14. The molecule has 0 spiro atoms. The second kappa shape index (κ2) is 17.9. The number of rotatable bonds is 20. The Morgan fingerprint density at radius 1 is 0.865 bits per heavy atom. The Kier molecular flexibility index (Phi) is 14.8. The highest BCUT2D eigenvalue weighted by molar-refractivity contribution is 7.99. The number of unbranched alkanes of at least 4 members (excludes halogenated alkanes) is 6. The third-order valence-electron chi connectivity index (χ3n) is 6.38. The van der Waals surface area contributed by atoms with Crippen molar-refractivity contribution in [2.24, 2.45) is 0 Å². The first-order chi connectivity index (χ1) is 17.9. The Morgan fingerprint density at radius 2 is 1.54 bits per heavy atom. The van der Waals surface area contributed by atoms with Crippen molar-refractivity contribution in [3.8, 4) is 0 Å². The summed E-state index contributed by atoms with van der Waals surface area (Å²) in [6.45, 7) is 2.58. The van der Waals surface area contributed by atoms with Crippen molar-refractivity contribution in [1.29, 1.82) is 0 Å². The van der Waals surface area contributed by atoms with Crippen LogP contribution in [0.3, 0.4) is 0 Å². The first-order valence-corrected chi connectivity index (χ1v) is 14.5. The monoisotopic (exact) mass is 529 g/mol. The van der Waals surface area contributed by atoms with E-state index in [1.807, 2.05) is 24.3 Å². The van der Waals surface area contributed by atoms with E-state index in [1.54, 1.807) is 11.8 Å². The topological polar surface area (TPSA) is 107 Å². The quantitative estimate of drug-likeness (QED) is 0.105. The van der Waals surface area contributed by atoms with Gasteiger partial charge in [-0.2, -0.15) is 0 Å². The van der Waals surface area contributed by atoms with Crippen LogP contribution in [0.4, 0.5) is 5.69 Å². The molecule has 0 saturated heterocycles. The molecule has 6 nitrogen and oxygen atoms in total. The van der Waals surface area contributed by atoms with Gasteiger partial charge in [0.25, 0.3) is 0 Å². The Labute approximate surface area is 225 Å². The number of aliphatic hydroxyl groups excluding tert-OH is 1. The highest BCUT2D eigenvalue weighted by Crippen LogP contribution is 2.40. The van der Waals surface area contributed by atoms with E-state index in [2.05, 4.69) is 36.5 Å². The van der Waals surface area contributed by atoms with Crippen molar-refractivity contribution >= 4 is 29.4 Å². The molecule has 0 amide bonds. The molecule has 0 bridgehead atoms. The molecule has 2 aromatic rings. The second-order valence-electron chi connectivity index (χ2n) is 9.60. The van der Waals surface area contributed by atoms with Crippen molar-refractivity contribution in [3.05, 3.63) is 59.7 Å². The van der Waals surface area contributed by atoms with E-state index in [1.165, 1.54) is 50.5 Å². The van der Waals surface area contributed by atoms with Crippen LogP contribution in [0.5, 0.6) is 0 Å². The molecule has 2 aromatic carbocycles. The van der Waals surface area contributed by atoms with Crippen molar-refractivity contribution in [2.45, 2.75) is 100 Å². The van der Waals surface area contributed by atoms with Crippen molar-refractivity contribution < 1.29 is 24.9 Å². The molecule has 204 valence electrons. The number of benzene rings is 2. The molecule has 2 unspecified atom stereocenters. The minimum Gasteiger partial charge on any atom is -0.481 e. The van der Waals surface area contributed by atoms with Crippen LogP contribution < -0.4 is 5.32 Å². The molecular formula is C30H43NO5S. The van der Waals surface area contributed by atoms with Gasteiger partial charge in [-0.15, -0.1) is 11.8 Å². The SMILES string of the molecule is CCCCCCCCCc1ccc(C(Sc2cccc(NCCC(=O)O)c2)C(O)CCCC(=O)O)cc1. The molecule has 0 radical (unpaired) electrons. The summed E-state index contributed by atoms with van der Waals surface area (Å²) >= 11 is 1.55. The fraction of sp³-hybridized carbons (Fsp3) is 0.533. The zero-order valence-electron chi connectivity index (χ0n) is 22.0. The number of carboxylic acid groups (broad SMARTS) is 2. The first kappa shape index (κ1) is 30.7. The van der Waals surface area contributed by atoms with E-state index < -0.39 is 18.0 Å². The fourth-order valence-electron chi connectivity index (χ4n) is 4.28. The average Bonchev–Trinajstić information content (AvgIpc) is 2.87. The number of carboxylic acids is 2. The molecule has 4 N–H and O–H groups in total. The molecule has 37 heavy (non-hydrogen) atoms. The van der Waals surface area contributed by atoms with Crippen molar-refractivity contribution in [1.82, 2.24) is 0 Å². The lowest BCUT2D eigenvalue weighted by Crippen LogP contribution is -2.16. The predicted molar refractivity (Wildman–Crippen MR) is 151 cm³/mol. The van der Waals surface area contributed by atoms with Crippen LogP contribution in [0.1, 0.15) is 93.9 Å². The zero-order chi connectivity index (χ0) is 26.9. The number of thioether (sulfide) groups is 1. The van der Waals surface area contributed by atoms with E-state index in [4.69, 9.17) is 10.2 Å². The molecule has 0 heterocycles. The number of aryl methyl sites for hydroxylation is 1.